The molecule has 132 valence electrons. The Hall–Kier alpha value is -0.120. The maximum Gasteiger partial charge on any atom is 0.0110 e. The Morgan fingerprint density at radius 3 is 2.17 bits per heavy atom. The van der Waals surface area contributed by atoms with Crippen LogP contribution in [0, 0.1) is 22.7 Å². The molecule has 0 radical (unpaired) electrons. The highest BCUT2D eigenvalue weighted by atomic mass is 15.3. The van der Waals surface area contributed by atoms with Gasteiger partial charge in [0.25, 0.3) is 0 Å². The van der Waals surface area contributed by atoms with Gasteiger partial charge in [0.1, 0.15) is 0 Å². The van der Waals surface area contributed by atoms with E-state index < -0.39 is 0 Å². The highest BCUT2D eigenvalue weighted by Gasteiger charge is 2.54. The molecule has 0 aromatic carbocycles. The molecule has 3 heteroatoms. The quantitative estimate of drug-likeness (QED) is 0.745. The van der Waals surface area contributed by atoms with Crippen LogP contribution in [0.4, 0.5) is 0 Å². The van der Waals surface area contributed by atoms with E-state index in [-0.39, 0.29) is 0 Å². The van der Waals surface area contributed by atoms with Crippen LogP contribution in [0.2, 0.25) is 0 Å². The van der Waals surface area contributed by atoms with Crippen LogP contribution in [0.15, 0.2) is 0 Å². The first-order valence-corrected chi connectivity index (χ1v) is 10.1. The zero-order valence-electron chi connectivity index (χ0n) is 15.7. The molecule has 2 aliphatic heterocycles. The summed E-state index contributed by atoms with van der Waals surface area (Å²) in [5, 5.41) is 0. The number of likely N-dealkylation sites (tertiary alicyclic amines) is 1. The molecule has 0 amide bonds. The number of hydrogen-bond donors (Lipinski definition) is 0. The Morgan fingerprint density at radius 2 is 1.61 bits per heavy atom. The van der Waals surface area contributed by atoms with Crippen molar-refractivity contribution in [3.8, 4) is 0 Å². The minimum absolute atomic E-state index is 0.735. The Bertz CT molecular complexity index is 407. The molecule has 0 unspecified atom stereocenters. The van der Waals surface area contributed by atoms with Gasteiger partial charge in [0, 0.05) is 52.4 Å². The van der Waals surface area contributed by atoms with Crippen molar-refractivity contribution < 1.29 is 0 Å². The zero-order valence-corrected chi connectivity index (χ0v) is 15.7. The molecule has 23 heavy (non-hydrogen) atoms. The maximum atomic E-state index is 2.79. The minimum atomic E-state index is 0.735. The van der Waals surface area contributed by atoms with Crippen molar-refractivity contribution in [2.45, 2.75) is 46.0 Å². The standard InChI is InChI=1S/C20H37N3/c1-17(2)10-19(4-5-19)14-23-15-20(16-23)11-18(12-20)13-22-8-6-21(3)7-9-22/h17-18H,4-16H2,1-3H3. The molecular weight excluding hydrogens is 282 g/mol. The Balaban J connectivity index is 1.15. The maximum absolute atomic E-state index is 2.79. The number of rotatable bonds is 6. The van der Waals surface area contributed by atoms with Crippen LogP contribution in [-0.4, -0.2) is 74.1 Å². The van der Waals surface area contributed by atoms with E-state index in [1.165, 1.54) is 84.5 Å². The molecule has 0 N–H and O–H groups in total. The van der Waals surface area contributed by atoms with Crippen molar-refractivity contribution >= 4 is 0 Å². The Morgan fingerprint density at radius 1 is 0.957 bits per heavy atom. The average molecular weight is 320 g/mol. The van der Waals surface area contributed by atoms with Gasteiger partial charge in [-0.15, -0.1) is 0 Å². The van der Waals surface area contributed by atoms with Crippen LogP contribution in [0.3, 0.4) is 0 Å². The fourth-order valence-corrected chi connectivity index (χ4v) is 5.91. The van der Waals surface area contributed by atoms with Gasteiger partial charge in [-0.2, -0.15) is 0 Å². The van der Waals surface area contributed by atoms with Gasteiger partial charge in [-0.3, -0.25) is 0 Å². The molecule has 3 nitrogen and oxygen atoms in total. The van der Waals surface area contributed by atoms with E-state index in [0.29, 0.717) is 0 Å². The van der Waals surface area contributed by atoms with E-state index in [9.17, 15) is 0 Å². The van der Waals surface area contributed by atoms with Gasteiger partial charge >= 0.3 is 0 Å². The van der Waals surface area contributed by atoms with Crippen LogP contribution in [-0.2, 0) is 0 Å². The van der Waals surface area contributed by atoms with Gasteiger partial charge in [0.05, 0.1) is 0 Å². The van der Waals surface area contributed by atoms with E-state index in [4.69, 9.17) is 0 Å². The summed E-state index contributed by atoms with van der Waals surface area (Å²) < 4.78 is 0. The number of nitrogens with zero attached hydrogens (tertiary/aromatic N) is 3. The third-order valence-electron chi connectivity index (χ3n) is 7.03. The fourth-order valence-electron chi connectivity index (χ4n) is 5.91. The van der Waals surface area contributed by atoms with E-state index >= 15 is 0 Å². The van der Waals surface area contributed by atoms with Crippen molar-refractivity contribution in [3.05, 3.63) is 0 Å². The highest BCUT2D eigenvalue weighted by molar-refractivity contribution is 5.07. The molecule has 2 saturated carbocycles. The summed E-state index contributed by atoms with van der Waals surface area (Å²) >= 11 is 0. The molecule has 4 rings (SSSR count). The van der Waals surface area contributed by atoms with E-state index in [1.807, 2.05) is 0 Å². The molecule has 0 aromatic rings. The topological polar surface area (TPSA) is 9.72 Å². The van der Waals surface area contributed by atoms with Crippen molar-refractivity contribution in [2.75, 3.05) is 59.4 Å². The molecule has 4 fully saturated rings. The Labute approximate surface area is 143 Å². The van der Waals surface area contributed by atoms with Crippen molar-refractivity contribution in [1.82, 2.24) is 14.7 Å². The molecule has 1 spiro atoms. The van der Waals surface area contributed by atoms with Crippen LogP contribution in [0.1, 0.15) is 46.0 Å². The Kier molecular flexibility index (Phi) is 4.26. The summed E-state index contributed by atoms with van der Waals surface area (Å²) in [7, 11) is 2.25. The molecule has 2 aliphatic carbocycles. The van der Waals surface area contributed by atoms with Crippen molar-refractivity contribution in [1.29, 1.82) is 0 Å². The largest absolute Gasteiger partial charge is 0.304 e. The van der Waals surface area contributed by atoms with Gasteiger partial charge in [-0.05, 0) is 61.8 Å². The molecule has 2 saturated heterocycles. The van der Waals surface area contributed by atoms with Gasteiger partial charge in [-0.1, -0.05) is 13.8 Å². The second-order valence-electron chi connectivity index (χ2n) is 10.1. The average Bonchev–Trinajstić information content (AvgIpc) is 3.15. The van der Waals surface area contributed by atoms with E-state index in [2.05, 4.69) is 35.6 Å². The third kappa shape index (κ3) is 3.62. The molecule has 0 bridgehead atoms. The van der Waals surface area contributed by atoms with Crippen LogP contribution >= 0.6 is 0 Å². The lowest BCUT2D eigenvalue weighted by Gasteiger charge is -2.60. The predicted octanol–water partition coefficient (Wildman–Crippen LogP) is 2.77. The lowest BCUT2D eigenvalue weighted by Crippen LogP contribution is -2.64. The van der Waals surface area contributed by atoms with Crippen molar-refractivity contribution in [3.63, 3.8) is 0 Å². The first kappa shape index (κ1) is 16.4. The predicted molar refractivity (Wildman–Crippen MR) is 96.7 cm³/mol. The van der Waals surface area contributed by atoms with Crippen LogP contribution in [0.25, 0.3) is 0 Å². The summed E-state index contributed by atoms with van der Waals surface area (Å²) in [6, 6.07) is 0. The van der Waals surface area contributed by atoms with Crippen LogP contribution in [0.5, 0.6) is 0 Å². The molecule has 4 aliphatic rings. The molecule has 0 aromatic heterocycles. The number of hydrogen-bond acceptors (Lipinski definition) is 3. The molecule has 0 atom stereocenters. The lowest BCUT2D eigenvalue weighted by molar-refractivity contribution is -0.109. The van der Waals surface area contributed by atoms with Gasteiger partial charge in [0.2, 0.25) is 0 Å². The van der Waals surface area contributed by atoms with Crippen LogP contribution < -0.4 is 0 Å². The number of likely N-dealkylation sites (N-methyl/N-ethyl adjacent to an activating group) is 1. The highest BCUT2D eigenvalue weighted by Crippen LogP contribution is 2.56. The number of piperazine rings is 1. The monoisotopic (exact) mass is 319 g/mol. The van der Waals surface area contributed by atoms with Gasteiger partial charge in [0.15, 0.2) is 0 Å². The molecular formula is C20H37N3. The van der Waals surface area contributed by atoms with Gasteiger partial charge < -0.3 is 14.7 Å². The summed E-state index contributed by atoms with van der Waals surface area (Å²) in [5.74, 6) is 1.88. The summed E-state index contributed by atoms with van der Waals surface area (Å²) in [4.78, 5) is 7.98. The van der Waals surface area contributed by atoms with E-state index in [0.717, 1.165) is 22.7 Å². The summed E-state index contributed by atoms with van der Waals surface area (Å²) in [6.45, 7) is 15.6. The first-order chi connectivity index (χ1) is 11.0. The second-order valence-corrected chi connectivity index (χ2v) is 10.1. The third-order valence-corrected chi connectivity index (χ3v) is 7.03. The smallest absolute Gasteiger partial charge is 0.0110 e. The second kappa shape index (κ2) is 6.00. The van der Waals surface area contributed by atoms with Gasteiger partial charge in [-0.25, -0.2) is 0 Å². The summed E-state index contributed by atoms with van der Waals surface area (Å²) in [6.07, 6.45) is 7.50. The normalized spacial score (nSPS) is 31.3. The zero-order chi connectivity index (χ0) is 16.1. The van der Waals surface area contributed by atoms with Crippen molar-refractivity contribution in [2.24, 2.45) is 22.7 Å². The molecule has 2 heterocycles. The minimum Gasteiger partial charge on any atom is -0.304 e. The first-order valence-electron chi connectivity index (χ1n) is 10.1. The fraction of sp³-hybridized carbons (Fsp3) is 1.00. The van der Waals surface area contributed by atoms with E-state index in [1.54, 1.807) is 0 Å². The lowest BCUT2D eigenvalue weighted by atomic mass is 9.57. The SMILES string of the molecule is CC(C)CC1(CN2CC3(CC(CN4CCN(C)CC4)C3)C2)CC1. The summed E-state index contributed by atoms with van der Waals surface area (Å²) in [5.41, 5.74) is 1.49.